The third kappa shape index (κ3) is 10.5. The van der Waals surface area contributed by atoms with Gasteiger partial charge in [-0.05, 0) is 104 Å². The van der Waals surface area contributed by atoms with Gasteiger partial charge in [0.25, 0.3) is 0 Å². The highest BCUT2D eigenvalue weighted by atomic mass is 16.8. The van der Waals surface area contributed by atoms with E-state index in [4.69, 9.17) is 28.4 Å². The maximum absolute atomic E-state index is 13.2. The predicted molar refractivity (Wildman–Crippen MR) is 153 cm³/mol. The fourth-order valence-electron chi connectivity index (χ4n) is 3.07. The van der Waals surface area contributed by atoms with Gasteiger partial charge in [-0.15, -0.1) is 0 Å². The quantitative estimate of drug-likeness (QED) is 0.295. The van der Waals surface area contributed by atoms with E-state index in [1.165, 1.54) is 0 Å². The summed E-state index contributed by atoms with van der Waals surface area (Å²) in [6.07, 6.45) is -7.01. The van der Waals surface area contributed by atoms with Crippen molar-refractivity contribution in [3.8, 4) is 0 Å². The van der Waals surface area contributed by atoms with Gasteiger partial charge in [-0.1, -0.05) is 0 Å². The maximum Gasteiger partial charge on any atom is 0.313 e. The first-order valence-corrected chi connectivity index (χ1v) is 14.2. The molecule has 0 unspecified atom stereocenters. The summed E-state index contributed by atoms with van der Waals surface area (Å²) in [6.45, 7) is 24.1. The van der Waals surface area contributed by atoms with Crippen LogP contribution in [0.1, 0.15) is 104 Å². The average Bonchev–Trinajstić information content (AvgIpc) is 3.09. The van der Waals surface area contributed by atoms with Crippen LogP contribution in [0.25, 0.3) is 0 Å². The second-order valence-corrected chi connectivity index (χ2v) is 15.9. The molecule has 0 N–H and O–H groups in total. The Balaban J connectivity index is 3.73. The monoisotopic (exact) mass is 600 g/mol. The molecule has 0 bridgehead atoms. The van der Waals surface area contributed by atoms with Crippen LogP contribution >= 0.6 is 0 Å². The second-order valence-electron chi connectivity index (χ2n) is 15.9. The van der Waals surface area contributed by atoms with Crippen molar-refractivity contribution in [1.29, 1.82) is 0 Å². The molecule has 11 nitrogen and oxygen atoms in total. The number of rotatable bonds is 7. The molecule has 0 aromatic heterocycles. The van der Waals surface area contributed by atoms with Crippen LogP contribution in [-0.4, -0.2) is 67.2 Å². The largest absolute Gasteiger partial charge is 0.461 e. The minimum absolute atomic E-state index is 0.466. The van der Waals surface area contributed by atoms with E-state index < -0.39 is 94.2 Å². The highest BCUT2D eigenvalue weighted by Crippen LogP contribution is 2.36. The van der Waals surface area contributed by atoms with Crippen molar-refractivity contribution < 1.29 is 52.4 Å². The molecule has 1 saturated heterocycles. The van der Waals surface area contributed by atoms with Crippen molar-refractivity contribution in [3.63, 3.8) is 0 Å². The molecule has 5 atom stereocenters. The van der Waals surface area contributed by atoms with E-state index in [1.54, 1.807) is 104 Å². The van der Waals surface area contributed by atoms with Crippen molar-refractivity contribution in [2.24, 2.45) is 27.1 Å². The molecule has 11 heteroatoms. The fourth-order valence-corrected chi connectivity index (χ4v) is 3.07. The first-order valence-electron chi connectivity index (χ1n) is 14.2. The van der Waals surface area contributed by atoms with E-state index in [9.17, 15) is 24.0 Å². The van der Waals surface area contributed by atoms with Gasteiger partial charge in [-0.3, -0.25) is 24.0 Å². The Bertz CT molecular complexity index is 1010. The summed E-state index contributed by atoms with van der Waals surface area (Å²) in [4.78, 5) is 64.9. The van der Waals surface area contributed by atoms with Crippen molar-refractivity contribution >= 4 is 29.8 Å². The number of esters is 5. The molecule has 1 heterocycles. The molecule has 1 aliphatic rings. The lowest BCUT2D eigenvalue weighted by molar-refractivity contribution is -0.214. The SMILES string of the molecule is CC(C)(C)C(=O)OC[C@@H](OC(=O)C(C)(C)C)[C@@H]1O[C@H](OC(=O)C(C)(C)C)[C@H](OC(=O)C(C)(C)C)[C@H]1OC(=O)C(C)(C)C. The topological polar surface area (TPSA) is 141 Å². The second kappa shape index (κ2) is 12.9. The van der Waals surface area contributed by atoms with Gasteiger partial charge in [0.1, 0.15) is 12.7 Å². The Hall–Kier alpha value is -2.69. The molecule has 242 valence electrons. The maximum atomic E-state index is 13.2. The minimum atomic E-state index is -1.53. The minimum Gasteiger partial charge on any atom is -0.461 e. The van der Waals surface area contributed by atoms with Crippen LogP contribution in [0.3, 0.4) is 0 Å². The number of hydrogen-bond donors (Lipinski definition) is 0. The number of ether oxygens (including phenoxy) is 6. The summed E-state index contributed by atoms with van der Waals surface area (Å²) in [7, 11) is 0. The van der Waals surface area contributed by atoms with Gasteiger partial charge in [-0.25, -0.2) is 0 Å². The molecule has 0 amide bonds. The summed E-state index contributed by atoms with van der Waals surface area (Å²) < 4.78 is 34.7. The van der Waals surface area contributed by atoms with E-state index in [0.29, 0.717) is 0 Å². The van der Waals surface area contributed by atoms with Crippen molar-refractivity contribution in [2.75, 3.05) is 6.61 Å². The number of hydrogen-bond acceptors (Lipinski definition) is 11. The van der Waals surface area contributed by atoms with E-state index in [0.717, 1.165) is 0 Å². The Morgan fingerprint density at radius 3 is 1.26 bits per heavy atom. The molecule has 1 rings (SSSR count). The third-order valence-corrected chi connectivity index (χ3v) is 5.98. The Kier molecular flexibility index (Phi) is 11.5. The predicted octanol–water partition coefficient (Wildman–Crippen LogP) is 4.76. The van der Waals surface area contributed by atoms with Gasteiger partial charge in [0.2, 0.25) is 12.4 Å². The van der Waals surface area contributed by atoms with Crippen LogP contribution in [0.4, 0.5) is 0 Å². The molecule has 0 aliphatic carbocycles. The molecule has 0 radical (unpaired) electrons. The average molecular weight is 601 g/mol. The molecule has 0 aromatic carbocycles. The van der Waals surface area contributed by atoms with Crippen LogP contribution in [0.5, 0.6) is 0 Å². The molecule has 1 aliphatic heterocycles. The fraction of sp³-hybridized carbons (Fsp3) is 0.839. The van der Waals surface area contributed by atoms with Crippen LogP contribution in [-0.2, 0) is 52.4 Å². The molecule has 42 heavy (non-hydrogen) atoms. The lowest BCUT2D eigenvalue weighted by Gasteiger charge is -2.32. The van der Waals surface area contributed by atoms with Crippen molar-refractivity contribution in [1.82, 2.24) is 0 Å². The highest BCUT2D eigenvalue weighted by Gasteiger charge is 2.57. The standard InChI is InChI=1S/C31H52O11/c1-27(2,3)22(32)37-16-17(38-23(33)28(4,5)6)18-19(40-24(34)29(7,8)9)20(41-25(35)30(10,11)12)21(39-18)42-26(36)31(13,14)15/h17-21H,16H2,1-15H3/t17-,18+,19+,20-,21-/m1/s1. The zero-order valence-corrected chi connectivity index (χ0v) is 28.1. The van der Waals surface area contributed by atoms with Gasteiger partial charge in [0, 0.05) is 0 Å². The van der Waals surface area contributed by atoms with Gasteiger partial charge in [-0.2, -0.15) is 0 Å². The first kappa shape index (κ1) is 37.3. The Morgan fingerprint density at radius 1 is 0.524 bits per heavy atom. The van der Waals surface area contributed by atoms with Crippen LogP contribution in [0, 0.1) is 27.1 Å². The normalized spacial score (nSPS) is 22.5. The molecular weight excluding hydrogens is 548 g/mol. The summed E-state index contributed by atoms with van der Waals surface area (Å²) in [5, 5.41) is 0. The molecule has 0 aromatic rings. The van der Waals surface area contributed by atoms with E-state index in [1.807, 2.05) is 0 Å². The van der Waals surface area contributed by atoms with E-state index in [2.05, 4.69) is 0 Å². The molecule has 0 spiro atoms. The number of carbonyl (C=O) groups is 5. The highest BCUT2D eigenvalue weighted by molar-refractivity contribution is 5.78. The van der Waals surface area contributed by atoms with Gasteiger partial charge >= 0.3 is 29.8 Å². The smallest absolute Gasteiger partial charge is 0.313 e. The van der Waals surface area contributed by atoms with Crippen LogP contribution in [0.2, 0.25) is 0 Å². The lowest BCUT2D eigenvalue weighted by atomic mass is 9.95. The van der Waals surface area contributed by atoms with E-state index >= 15 is 0 Å². The van der Waals surface area contributed by atoms with Gasteiger partial charge in [0.15, 0.2) is 12.2 Å². The molecule has 1 fully saturated rings. The summed E-state index contributed by atoms with van der Waals surface area (Å²) in [6, 6.07) is 0. The van der Waals surface area contributed by atoms with E-state index in [-0.39, 0.29) is 0 Å². The first-order chi connectivity index (χ1) is 18.6. The van der Waals surface area contributed by atoms with Crippen LogP contribution in [0.15, 0.2) is 0 Å². The summed E-state index contributed by atoms with van der Waals surface area (Å²) >= 11 is 0. The van der Waals surface area contributed by atoms with Gasteiger partial charge in [0.05, 0.1) is 27.1 Å². The Morgan fingerprint density at radius 2 is 0.881 bits per heavy atom. The van der Waals surface area contributed by atoms with Crippen molar-refractivity contribution in [2.45, 2.75) is 135 Å². The Labute approximate surface area is 250 Å². The zero-order valence-electron chi connectivity index (χ0n) is 28.1. The van der Waals surface area contributed by atoms with Gasteiger partial charge < -0.3 is 28.4 Å². The molecular formula is C31H52O11. The third-order valence-electron chi connectivity index (χ3n) is 5.98. The molecule has 0 saturated carbocycles. The zero-order chi connectivity index (χ0) is 33.2. The number of carbonyl (C=O) groups excluding carboxylic acids is 5. The van der Waals surface area contributed by atoms with Crippen LogP contribution < -0.4 is 0 Å². The summed E-state index contributed by atoms with van der Waals surface area (Å²) in [5.41, 5.74) is -4.76. The summed E-state index contributed by atoms with van der Waals surface area (Å²) in [5.74, 6) is -3.25. The lowest BCUT2D eigenvalue weighted by Crippen LogP contribution is -2.50. The van der Waals surface area contributed by atoms with Crippen molar-refractivity contribution in [3.05, 3.63) is 0 Å².